The minimum absolute atomic E-state index is 0.247. The minimum Gasteiger partial charge on any atom is -0.352 e. The van der Waals surface area contributed by atoms with Crippen LogP contribution in [0, 0.1) is 5.82 Å². The topological polar surface area (TPSA) is 75.4 Å². The van der Waals surface area contributed by atoms with Crippen LogP contribution in [-0.2, 0) is 17.6 Å². The average Bonchev–Trinajstić information content (AvgIpc) is 2.83. The summed E-state index contributed by atoms with van der Waals surface area (Å²) >= 11 is 11.2. The van der Waals surface area contributed by atoms with Crippen molar-refractivity contribution in [3.63, 3.8) is 0 Å². The number of anilines is 1. The van der Waals surface area contributed by atoms with Gasteiger partial charge >= 0.3 is 6.03 Å². The van der Waals surface area contributed by atoms with Crippen LogP contribution in [0.1, 0.15) is 16.0 Å². The minimum atomic E-state index is -0.738. The number of hydrogen-bond donors (Lipinski definition) is 2. The number of benzene rings is 1. The molecule has 0 saturated carbocycles. The second kappa shape index (κ2) is 6.93. The number of halogens is 3. The van der Waals surface area contributed by atoms with Crippen LogP contribution in [0.2, 0.25) is 5.02 Å². The first-order valence-electron chi connectivity index (χ1n) is 7.35. The maximum atomic E-state index is 13.5. The molecule has 9 heteroatoms. The molecule has 0 unspecified atom stereocenters. The number of carbonyl (C=O) groups is 2. The van der Waals surface area contributed by atoms with Crippen molar-refractivity contribution in [3.8, 4) is 0 Å². The number of hydrogen-bond acceptors (Lipinski definition) is 3. The molecule has 0 radical (unpaired) electrons. The van der Waals surface area contributed by atoms with Gasteiger partial charge in [-0.1, -0.05) is 11.6 Å². The summed E-state index contributed by atoms with van der Waals surface area (Å²) in [7, 11) is 1.64. The van der Waals surface area contributed by atoms with Crippen molar-refractivity contribution in [1.29, 1.82) is 0 Å². The lowest BCUT2D eigenvalue weighted by atomic mass is 9.99. The molecule has 3 rings (SSSR count). The van der Waals surface area contributed by atoms with Crippen molar-refractivity contribution in [2.24, 2.45) is 5.73 Å². The summed E-state index contributed by atoms with van der Waals surface area (Å²) in [4.78, 5) is 26.1. The van der Waals surface area contributed by atoms with E-state index in [0.29, 0.717) is 23.4 Å². The number of primary amides is 1. The fourth-order valence-electron chi connectivity index (χ4n) is 2.93. The molecule has 2 heterocycles. The van der Waals surface area contributed by atoms with Gasteiger partial charge in [-0.05, 0) is 39.7 Å². The quantitative estimate of drug-likeness (QED) is 0.758. The van der Waals surface area contributed by atoms with Crippen molar-refractivity contribution in [3.05, 3.63) is 48.8 Å². The van der Waals surface area contributed by atoms with E-state index in [0.717, 1.165) is 19.9 Å². The molecule has 3 N–H and O–H groups in total. The van der Waals surface area contributed by atoms with E-state index in [2.05, 4.69) is 21.2 Å². The molecule has 5 nitrogen and oxygen atoms in total. The first kappa shape index (κ1) is 18.2. The number of rotatable bonds is 3. The van der Waals surface area contributed by atoms with Crippen molar-refractivity contribution >= 4 is 56.5 Å². The molecule has 1 aromatic heterocycles. The lowest BCUT2D eigenvalue weighted by molar-refractivity contribution is -0.120. The Morgan fingerprint density at radius 1 is 1.56 bits per heavy atom. The largest absolute Gasteiger partial charge is 0.352 e. The third-order valence-corrected chi connectivity index (χ3v) is 6.41. The van der Waals surface area contributed by atoms with Gasteiger partial charge in [0.25, 0.3) is 0 Å². The number of likely N-dealkylation sites (N-methyl/N-ethyl adjacent to an activating group) is 1. The number of nitrogens with one attached hydrogen (secondary N) is 1. The summed E-state index contributed by atoms with van der Waals surface area (Å²) < 4.78 is 14.4. The molecule has 0 spiro atoms. The molecule has 1 aromatic carbocycles. The lowest BCUT2D eigenvalue weighted by Gasteiger charge is -2.30. The molecule has 1 atom stereocenters. The molecule has 1 aliphatic heterocycles. The molecular weight excluding hydrogens is 433 g/mol. The molecule has 132 valence electrons. The Bertz CT molecular complexity index is 873. The summed E-state index contributed by atoms with van der Waals surface area (Å²) in [6, 6.07) is 2.78. The van der Waals surface area contributed by atoms with E-state index in [4.69, 9.17) is 17.3 Å². The molecule has 2 aromatic rings. The van der Waals surface area contributed by atoms with Crippen LogP contribution in [0.25, 0.3) is 0 Å². The van der Waals surface area contributed by atoms with E-state index in [9.17, 15) is 14.0 Å². The number of carbonyl (C=O) groups excluding carboxylic acids is 2. The Labute approximate surface area is 161 Å². The van der Waals surface area contributed by atoms with E-state index in [1.165, 1.54) is 34.4 Å². The van der Waals surface area contributed by atoms with Crippen molar-refractivity contribution in [1.82, 2.24) is 5.32 Å². The third kappa shape index (κ3) is 3.51. The van der Waals surface area contributed by atoms with Gasteiger partial charge in [0.15, 0.2) is 0 Å². The van der Waals surface area contributed by atoms with Gasteiger partial charge in [-0.2, -0.15) is 0 Å². The van der Waals surface area contributed by atoms with Crippen LogP contribution >= 0.6 is 38.9 Å². The van der Waals surface area contributed by atoms with Gasteiger partial charge in [0, 0.05) is 35.4 Å². The SMILES string of the molecule is CN1C(=O)[C@H](NC(N)=O)Cc2sc(Br)c(Cc3cc(F)ccc3Cl)c21. The normalized spacial score (nSPS) is 16.7. The molecule has 25 heavy (non-hydrogen) atoms. The van der Waals surface area contributed by atoms with Crippen LogP contribution in [0.15, 0.2) is 22.0 Å². The smallest absolute Gasteiger partial charge is 0.312 e. The molecule has 0 bridgehead atoms. The van der Waals surface area contributed by atoms with E-state index in [1.54, 1.807) is 7.05 Å². The fourth-order valence-corrected chi connectivity index (χ4v) is 5.14. The number of nitrogens with two attached hydrogens (primary N) is 1. The highest BCUT2D eigenvalue weighted by Crippen LogP contribution is 2.44. The monoisotopic (exact) mass is 445 g/mol. The molecule has 3 amide bonds. The van der Waals surface area contributed by atoms with Crippen molar-refractivity contribution in [2.75, 3.05) is 11.9 Å². The van der Waals surface area contributed by atoms with E-state index in [1.807, 2.05) is 0 Å². The average molecular weight is 447 g/mol. The number of urea groups is 1. The molecule has 0 saturated heterocycles. The predicted molar refractivity (Wildman–Crippen MR) is 99.9 cm³/mol. The van der Waals surface area contributed by atoms with Gasteiger partial charge in [-0.25, -0.2) is 9.18 Å². The Hall–Kier alpha value is -1.64. The van der Waals surface area contributed by atoms with Gasteiger partial charge in [-0.15, -0.1) is 11.3 Å². The predicted octanol–water partition coefficient (Wildman–Crippen LogP) is 3.45. The van der Waals surface area contributed by atoms with E-state index >= 15 is 0 Å². The van der Waals surface area contributed by atoms with E-state index in [-0.39, 0.29) is 11.7 Å². The Kier molecular flexibility index (Phi) is 5.04. The highest BCUT2D eigenvalue weighted by atomic mass is 79.9. The second-order valence-electron chi connectivity index (χ2n) is 5.70. The zero-order chi connectivity index (χ0) is 18.3. The first-order chi connectivity index (χ1) is 11.8. The number of amides is 3. The number of nitrogens with zero attached hydrogens (tertiary/aromatic N) is 1. The summed E-state index contributed by atoms with van der Waals surface area (Å²) in [6.07, 6.45) is 0.746. The van der Waals surface area contributed by atoms with Crippen LogP contribution < -0.4 is 16.0 Å². The highest BCUT2D eigenvalue weighted by Gasteiger charge is 2.35. The van der Waals surface area contributed by atoms with Crippen LogP contribution in [0.3, 0.4) is 0 Å². The molecule has 1 aliphatic rings. The standard InChI is InChI=1S/C16H14BrClFN3O2S/c1-22-13-9(5-7-4-8(19)2-3-10(7)18)14(17)25-12(13)6-11(15(22)23)21-16(20)24/h2-4,11H,5-6H2,1H3,(H3,20,21,24)/t11-/m1/s1. The summed E-state index contributed by atoms with van der Waals surface area (Å²) in [5.41, 5.74) is 7.41. The lowest BCUT2D eigenvalue weighted by Crippen LogP contribution is -2.52. The molecular formula is C16H14BrClFN3O2S. The Balaban J connectivity index is 1.99. The van der Waals surface area contributed by atoms with E-state index < -0.39 is 12.1 Å². The molecule has 0 aliphatic carbocycles. The van der Waals surface area contributed by atoms with Gasteiger partial charge in [0.05, 0.1) is 9.47 Å². The fraction of sp³-hybridized carbons (Fsp3) is 0.250. The Morgan fingerprint density at radius 2 is 2.28 bits per heavy atom. The summed E-state index contributed by atoms with van der Waals surface area (Å²) in [5.74, 6) is -0.613. The Morgan fingerprint density at radius 3 is 2.96 bits per heavy atom. The van der Waals surface area contributed by atoms with Crippen LogP contribution in [0.4, 0.5) is 14.9 Å². The van der Waals surface area contributed by atoms with Crippen LogP contribution in [-0.4, -0.2) is 25.0 Å². The van der Waals surface area contributed by atoms with Gasteiger partial charge in [0.2, 0.25) is 5.91 Å². The third-order valence-electron chi connectivity index (χ3n) is 4.05. The van der Waals surface area contributed by atoms with Crippen molar-refractivity contribution in [2.45, 2.75) is 18.9 Å². The zero-order valence-corrected chi connectivity index (χ0v) is 16.3. The maximum Gasteiger partial charge on any atom is 0.312 e. The summed E-state index contributed by atoms with van der Waals surface area (Å²) in [6.45, 7) is 0. The van der Waals surface area contributed by atoms with Gasteiger partial charge in [0.1, 0.15) is 11.9 Å². The zero-order valence-electron chi connectivity index (χ0n) is 13.1. The van der Waals surface area contributed by atoms with Crippen molar-refractivity contribution < 1.29 is 14.0 Å². The summed E-state index contributed by atoms with van der Waals surface area (Å²) in [5, 5.41) is 2.93. The molecule has 0 fully saturated rings. The van der Waals surface area contributed by atoms with Gasteiger partial charge in [-0.3, -0.25) is 4.79 Å². The first-order valence-corrected chi connectivity index (χ1v) is 9.34. The highest BCUT2D eigenvalue weighted by molar-refractivity contribution is 9.11. The van der Waals surface area contributed by atoms with Gasteiger partial charge < -0.3 is 16.0 Å². The number of fused-ring (bicyclic) bond motifs is 1. The maximum absolute atomic E-state index is 13.5. The second-order valence-corrected chi connectivity index (χ2v) is 8.53. The number of thiophene rings is 1. The van der Waals surface area contributed by atoms with Crippen LogP contribution in [0.5, 0.6) is 0 Å².